The molecule has 142 valence electrons. The number of oxazole rings is 1. The Morgan fingerprint density at radius 3 is 2.39 bits per heavy atom. The van der Waals surface area contributed by atoms with Gasteiger partial charge in [-0.25, -0.2) is 18.5 Å². The van der Waals surface area contributed by atoms with Gasteiger partial charge < -0.3 is 4.42 Å². The monoisotopic (exact) mass is 396 g/mol. The molecule has 0 bridgehead atoms. The molecule has 0 fully saturated rings. The third-order valence-electron chi connectivity index (χ3n) is 3.78. The number of amides is 1. The van der Waals surface area contributed by atoms with Crippen LogP contribution in [-0.4, -0.2) is 42.9 Å². The van der Waals surface area contributed by atoms with Crippen LogP contribution in [-0.2, 0) is 14.6 Å². The molecule has 1 amide bonds. The van der Waals surface area contributed by atoms with Crippen LogP contribution in [0.2, 0.25) is 0 Å². The lowest BCUT2D eigenvalue weighted by molar-refractivity contribution is -0.152. The Kier molecular flexibility index (Phi) is 5.31. The summed E-state index contributed by atoms with van der Waals surface area (Å²) >= 11 is 0. The minimum atomic E-state index is -3.53. The van der Waals surface area contributed by atoms with Gasteiger partial charge in [-0.15, -0.1) is 0 Å². The molecule has 0 saturated carbocycles. The Morgan fingerprint density at radius 1 is 1.11 bits per heavy atom. The highest BCUT2D eigenvalue weighted by atomic mass is 32.2. The molecule has 0 aliphatic rings. The van der Waals surface area contributed by atoms with Crippen LogP contribution < -0.4 is 0 Å². The first kappa shape index (κ1) is 19.4. The molecule has 0 saturated heterocycles. The van der Waals surface area contributed by atoms with Crippen LogP contribution in [0.4, 0.5) is 0 Å². The second-order valence-corrected chi connectivity index (χ2v) is 7.89. The lowest BCUT2D eigenvalue weighted by atomic mass is 10.1. The highest BCUT2D eigenvalue weighted by Gasteiger charge is 2.22. The normalized spacial score (nSPS) is 10.8. The van der Waals surface area contributed by atoms with Gasteiger partial charge in [0.1, 0.15) is 5.69 Å². The largest absolute Gasteiger partial charge is 0.429 e. The van der Waals surface area contributed by atoms with Crippen LogP contribution >= 0.6 is 0 Å². The zero-order valence-corrected chi connectivity index (χ0v) is 15.9. The molecule has 0 atom stereocenters. The van der Waals surface area contributed by atoms with E-state index in [0.29, 0.717) is 21.9 Å². The summed E-state index contributed by atoms with van der Waals surface area (Å²) < 4.78 is 30.1. The standard InChI is InChI=1S/C20H16N2O5S/c1-22(24)18(23)13-12-17-21-19(14-8-4-3-5-9-14)20(27-17)15-10-6-7-11-16(15)28(2,25)26/h3-11,24H,1-2H3. The van der Waals surface area contributed by atoms with E-state index in [1.807, 2.05) is 18.2 Å². The van der Waals surface area contributed by atoms with Gasteiger partial charge in [-0.1, -0.05) is 42.5 Å². The number of rotatable bonds is 3. The lowest BCUT2D eigenvalue weighted by Crippen LogP contribution is -2.20. The van der Waals surface area contributed by atoms with Crippen molar-refractivity contribution in [2.24, 2.45) is 0 Å². The van der Waals surface area contributed by atoms with Crippen LogP contribution in [0.3, 0.4) is 0 Å². The first-order valence-corrected chi connectivity index (χ1v) is 10.0. The quantitative estimate of drug-likeness (QED) is 0.415. The molecule has 0 aliphatic heterocycles. The van der Waals surface area contributed by atoms with Crippen molar-refractivity contribution in [2.45, 2.75) is 4.90 Å². The maximum absolute atomic E-state index is 12.2. The van der Waals surface area contributed by atoms with Gasteiger partial charge in [0.05, 0.1) is 4.90 Å². The number of carbonyl (C=O) groups is 1. The van der Waals surface area contributed by atoms with Crippen molar-refractivity contribution >= 4 is 15.7 Å². The topological polar surface area (TPSA) is 101 Å². The molecule has 1 aromatic heterocycles. The Hall–Kier alpha value is -3.41. The number of carbonyl (C=O) groups excluding carboxylic acids is 1. The Bertz CT molecular complexity index is 1190. The molecule has 28 heavy (non-hydrogen) atoms. The minimum Gasteiger partial charge on any atom is -0.429 e. The maximum Gasteiger partial charge on any atom is 0.322 e. The van der Waals surface area contributed by atoms with E-state index in [2.05, 4.69) is 16.8 Å². The molecule has 7 nitrogen and oxygen atoms in total. The number of sulfone groups is 1. The first-order chi connectivity index (χ1) is 13.3. The van der Waals surface area contributed by atoms with Crippen LogP contribution in [0.5, 0.6) is 0 Å². The number of hydrogen-bond donors (Lipinski definition) is 1. The number of aromatic nitrogens is 1. The van der Waals surface area contributed by atoms with Gasteiger partial charge in [0, 0.05) is 36.3 Å². The zero-order chi connectivity index (χ0) is 20.3. The van der Waals surface area contributed by atoms with Crippen molar-refractivity contribution in [3.8, 4) is 34.4 Å². The predicted molar refractivity (Wildman–Crippen MR) is 102 cm³/mol. The molecule has 1 N–H and O–H groups in total. The summed E-state index contributed by atoms with van der Waals surface area (Å²) in [4.78, 5) is 15.9. The van der Waals surface area contributed by atoms with E-state index in [0.717, 1.165) is 13.3 Å². The van der Waals surface area contributed by atoms with E-state index in [-0.39, 0.29) is 16.5 Å². The van der Waals surface area contributed by atoms with Gasteiger partial charge in [-0.05, 0) is 12.1 Å². The summed E-state index contributed by atoms with van der Waals surface area (Å²) in [5.41, 5.74) is 1.43. The third-order valence-corrected chi connectivity index (χ3v) is 4.93. The number of nitrogens with zero attached hydrogens (tertiary/aromatic N) is 2. The fourth-order valence-electron chi connectivity index (χ4n) is 2.51. The molecular formula is C20H16N2O5S. The molecule has 3 aromatic rings. The smallest absolute Gasteiger partial charge is 0.322 e. The fourth-order valence-corrected chi connectivity index (χ4v) is 3.40. The van der Waals surface area contributed by atoms with Crippen LogP contribution in [0.1, 0.15) is 5.89 Å². The molecule has 1 heterocycles. The second kappa shape index (κ2) is 7.68. The summed E-state index contributed by atoms with van der Waals surface area (Å²) in [5.74, 6) is 3.97. The van der Waals surface area contributed by atoms with E-state index in [9.17, 15) is 13.2 Å². The molecular weight excluding hydrogens is 380 g/mol. The SMILES string of the molecule is CN(O)C(=O)C#Cc1nc(-c2ccccc2)c(-c2ccccc2S(C)(=O)=O)o1. The summed E-state index contributed by atoms with van der Waals surface area (Å²) in [6.45, 7) is 0. The minimum absolute atomic E-state index is 0.0765. The highest BCUT2D eigenvalue weighted by molar-refractivity contribution is 7.90. The van der Waals surface area contributed by atoms with Crippen molar-refractivity contribution in [1.29, 1.82) is 0 Å². The molecule has 0 spiro atoms. The Morgan fingerprint density at radius 2 is 1.75 bits per heavy atom. The molecule has 0 unspecified atom stereocenters. The van der Waals surface area contributed by atoms with Crippen molar-refractivity contribution in [2.75, 3.05) is 13.3 Å². The fraction of sp³-hybridized carbons (Fsp3) is 0.100. The van der Waals surface area contributed by atoms with Crippen LogP contribution in [0.15, 0.2) is 63.9 Å². The Balaban J connectivity index is 2.23. The van der Waals surface area contributed by atoms with Crippen molar-refractivity contribution in [3.05, 3.63) is 60.5 Å². The van der Waals surface area contributed by atoms with Gasteiger partial charge >= 0.3 is 5.91 Å². The van der Waals surface area contributed by atoms with E-state index >= 15 is 0 Å². The van der Waals surface area contributed by atoms with Gasteiger partial charge in [-0.3, -0.25) is 10.0 Å². The second-order valence-electron chi connectivity index (χ2n) is 5.91. The number of benzene rings is 2. The molecule has 0 radical (unpaired) electrons. The summed E-state index contributed by atoms with van der Waals surface area (Å²) in [5, 5.41) is 9.45. The van der Waals surface area contributed by atoms with Crippen molar-refractivity contribution < 1.29 is 22.8 Å². The van der Waals surface area contributed by atoms with Gasteiger partial charge in [0.15, 0.2) is 15.6 Å². The van der Waals surface area contributed by atoms with Crippen molar-refractivity contribution in [1.82, 2.24) is 10.0 Å². The number of hydroxylamine groups is 2. The van der Waals surface area contributed by atoms with E-state index in [4.69, 9.17) is 9.62 Å². The summed E-state index contributed by atoms with van der Waals surface area (Å²) in [7, 11) is -2.38. The van der Waals surface area contributed by atoms with Gasteiger partial charge in [0.2, 0.25) is 0 Å². The first-order valence-electron chi connectivity index (χ1n) is 8.11. The predicted octanol–water partition coefficient (Wildman–Crippen LogP) is 2.61. The van der Waals surface area contributed by atoms with E-state index < -0.39 is 15.7 Å². The van der Waals surface area contributed by atoms with Gasteiger partial charge in [0.25, 0.3) is 5.89 Å². The molecule has 2 aromatic carbocycles. The van der Waals surface area contributed by atoms with Gasteiger partial charge in [-0.2, -0.15) is 0 Å². The van der Waals surface area contributed by atoms with E-state index in [1.54, 1.807) is 30.3 Å². The maximum atomic E-state index is 12.2. The molecule has 8 heteroatoms. The Labute approximate surface area is 162 Å². The van der Waals surface area contributed by atoms with Crippen LogP contribution in [0, 0.1) is 11.8 Å². The summed E-state index contributed by atoms with van der Waals surface area (Å²) in [6, 6.07) is 15.5. The molecule has 3 rings (SSSR count). The zero-order valence-electron chi connectivity index (χ0n) is 15.1. The van der Waals surface area contributed by atoms with E-state index in [1.165, 1.54) is 6.07 Å². The summed E-state index contributed by atoms with van der Waals surface area (Å²) in [6.07, 6.45) is 1.11. The molecule has 0 aliphatic carbocycles. The van der Waals surface area contributed by atoms with Crippen LogP contribution in [0.25, 0.3) is 22.6 Å². The average Bonchev–Trinajstić information content (AvgIpc) is 3.10. The average molecular weight is 396 g/mol. The number of hydrogen-bond acceptors (Lipinski definition) is 6. The highest BCUT2D eigenvalue weighted by Crippen LogP contribution is 2.36. The third kappa shape index (κ3) is 4.11. The van der Waals surface area contributed by atoms with Crippen molar-refractivity contribution in [3.63, 3.8) is 0 Å². The lowest BCUT2D eigenvalue weighted by Gasteiger charge is -2.06.